The number of nitrogens with zero attached hydrogens (tertiary/aromatic N) is 6. The quantitative estimate of drug-likeness (QED) is 0.112. The SMILES string of the molecule is Cc1ccc([N+](=O)[O-])c(NC2CCC2)n1.Nc1ccc([N+](=O)[O-])c(NC2CCC2)n1.O=[N+]([O-])c1ccc(Cl)nc1NC1CCC1. The van der Waals surface area contributed by atoms with E-state index in [1.165, 1.54) is 36.8 Å². The second-order valence-corrected chi connectivity index (χ2v) is 11.4. The smallest absolute Gasteiger partial charge is 0.311 e. The molecular weight excluding hydrogens is 608 g/mol. The number of pyridine rings is 3. The number of hydrogen-bond acceptors (Lipinski definition) is 13. The molecule has 0 saturated heterocycles. The minimum atomic E-state index is -0.454. The number of aromatic nitrogens is 3. The first-order valence-corrected chi connectivity index (χ1v) is 15.0. The molecule has 0 aliphatic heterocycles. The molecule has 240 valence electrons. The molecule has 3 aliphatic carbocycles. The van der Waals surface area contributed by atoms with Gasteiger partial charge in [0.15, 0.2) is 0 Å². The molecular formula is C28H35ClN10O6. The van der Waals surface area contributed by atoms with Crippen LogP contribution in [0, 0.1) is 37.3 Å². The highest BCUT2D eigenvalue weighted by atomic mass is 35.5. The maximum Gasteiger partial charge on any atom is 0.311 e. The van der Waals surface area contributed by atoms with Crippen LogP contribution in [0.5, 0.6) is 0 Å². The lowest BCUT2D eigenvalue weighted by Gasteiger charge is -2.26. The summed E-state index contributed by atoms with van der Waals surface area (Å²) in [5.74, 6) is 1.26. The van der Waals surface area contributed by atoms with E-state index in [1.54, 1.807) is 6.07 Å². The van der Waals surface area contributed by atoms with Crippen molar-refractivity contribution in [1.29, 1.82) is 0 Å². The summed E-state index contributed by atoms with van der Waals surface area (Å²) >= 11 is 5.69. The second kappa shape index (κ2) is 15.2. The van der Waals surface area contributed by atoms with Crippen molar-refractivity contribution >= 4 is 51.9 Å². The molecule has 3 fully saturated rings. The predicted molar refractivity (Wildman–Crippen MR) is 171 cm³/mol. The Morgan fingerprint density at radius 2 is 1.02 bits per heavy atom. The van der Waals surface area contributed by atoms with Crippen LogP contribution in [0.1, 0.15) is 63.5 Å². The van der Waals surface area contributed by atoms with Gasteiger partial charge in [0.1, 0.15) is 11.0 Å². The van der Waals surface area contributed by atoms with Crippen LogP contribution in [-0.4, -0.2) is 47.8 Å². The largest absolute Gasteiger partial charge is 0.384 e. The number of halogens is 1. The zero-order chi connectivity index (χ0) is 32.5. The minimum absolute atomic E-state index is 0.0175. The zero-order valence-electron chi connectivity index (χ0n) is 24.6. The van der Waals surface area contributed by atoms with Gasteiger partial charge in [-0.25, -0.2) is 15.0 Å². The van der Waals surface area contributed by atoms with Gasteiger partial charge in [0, 0.05) is 42.0 Å². The number of nitrogen functional groups attached to an aromatic ring is 1. The first-order chi connectivity index (χ1) is 21.5. The third-order valence-corrected chi connectivity index (χ3v) is 7.89. The Balaban J connectivity index is 0.000000154. The minimum Gasteiger partial charge on any atom is -0.384 e. The molecule has 5 N–H and O–H groups in total. The van der Waals surface area contributed by atoms with Crippen molar-refractivity contribution in [3.8, 4) is 0 Å². The summed E-state index contributed by atoms with van der Waals surface area (Å²) in [5, 5.41) is 41.6. The van der Waals surface area contributed by atoms with Gasteiger partial charge in [-0.2, -0.15) is 0 Å². The Labute approximate surface area is 263 Å². The van der Waals surface area contributed by atoms with Crippen LogP contribution < -0.4 is 21.7 Å². The molecule has 0 spiro atoms. The van der Waals surface area contributed by atoms with Crippen LogP contribution in [-0.2, 0) is 0 Å². The van der Waals surface area contributed by atoms with Crippen molar-refractivity contribution < 1.29 is 14.8 Å². The molecule has 3 aliphatic rings. The molecule has 3 aromatic heterocycles. The summed E-state index contributed by atoms with van der Waals surface area (Å²) < 4.78 is 0. The van der Waals surface area contributed by atoms with Crippen LogP contribution in [0.25, 0.3) is 0 Å². The van der Waals surface area contributed by atoms with E-state index in [0.29, 0.717) is 29.8 Å². The number of aryl methyl sites for hydroxylation is 1. The van der Waals surface area contributed by atoms with Gasteiger partial charge in [-0.3, -0.25) is 30.3 Å². The normalized spacial score (nSPS) is 15.8. The van der Waals surface area contributed by atoms with Gasteiger partial charge in [-0.15, -0.1) is 0 Å². The lowest BCUT2D eigenvalue weighted by atomic mass is 9.93. The molecule has 0 aromatic carbocycles. The summed E-state index contributed by atoms with van der Waals surface area (Å²) in [6.07, 6.45) is 9.80. The Morgan fingerprint density at radius 1 is 0.644 bits per heavy atom. The highest BCUT2D eigenvalue weighted by Gasteiger charge is 2.25. The lowest BCUT2D eigenvalue weighted by molar-refractivity contribution is -0.384. The molecule has 3 heterocycles. The molecule has 17 heteroatoms. The van der Waals surface area contributed by atoms with Crippen molar-refractivity contribution in [2.45, 2.75) is 82.8 Å². The summed E-state index contributed by atoms with van der Waals surface area (Å²) in [4.78, 5) is 42.9. The van der Waals surface area contributed by atoms with E-state index >= 15 is 0 Å². The molecule has 0 amide bonds. The third kappa shape index (κ3) is 9.31. The summed E-state index contributed by atoms with van der Waals surface area (Å²) in [7, 11) is 0. The molecule has 3 saturated carbocycles. The second-order valence-electron chi connectivity index (χ2n) is 11.0. The van der Waals surface area contributed by atoms with E-state index in [-0.39, 0.29) is 33.9 Å². The first-order valence-electron chi connectivity index (χ1n) is 14.6. The van der Waals surface area contributed by atoms with Gasteiger partial charge < -0.3 is 21.7 Å². The van der Waals surface area contributed by atoms with Crippen LogP contribution in [0.4, 0.5) is 40.3 Å². The van der Waals surface area contributed by atoms with Gasteiger partial charge in [-0.05, 0) is 82.9 Å². The van der Waals surface area contributed by atoms with E-state index in [2.05, 4.69) is 30.9 Å². The van der Waals surface area contributed by atoms with E-state index in [0.717, 1.165) is 57.1 Å². The Hall–Kier alpha value is -4.86. The molecule has 45 heavy (non-hydrogen) atoms. The van der Waals surface area contributed by atoms with Gasteiger partial charge in [0.25, 0.3) is 0 Å². The van der Waals surface area contributed by atoms with Crippen LogP contribution >= 0.6 is 11.6 Å². The molecule has 0 radical (unpaired) electrons. The number of hydrogen-bond donors (Lipinski definition) is 4. The Bertz CT molecular complexity index is 1350. The van der Waals surface area contributed by atoms with Gasteiger partial charge in [-0.1, -0.05) is 11.6 Å². The van der Waals surface area contributed by atoms with Crippen LogP contribution in [0.15, 0.2) is 36.4 Å². The van der Waals surface area contributed by atoms with Crippen LogP contribution in [0.2, 0.25) is 5.15 Å². The molecule has 3 aromatic rings. The Morgan fingerprint density at radius 3 is 1.42 bits per heavy atom. The van der Waals surface area contributed by atoms with Crippen molar-refractivity contribution in [3.05, 3.63) is 77.6 Å². The molecule has 6 rings (SSSR count). The summed E-state index contributed by atoms with van der Waals surface area (Å²) in [6.45, 7) is 1.83. The van der Waals surface area contributed by atoms with Crippen LogP contribution in [0.3, 0.4) is 0 Å². The maximum absolute atomic E-state index is 10.7. The van der Waals surface area contributed by atoms with Crippen molar-refractivity contribution in [3.63, 3.8) is 0 Å². The van der Waals surface area contributed by atoms with Crippen molar-refractivity contribution in [1.82, 2.24) is 15.0 Å². The number of nitro groups is 3. The topological polar surface area (TPSA) is 230 Å². The summed E-state index contributed by atoms with van der Waals surface area (Å²) in [6, 6.07) is 9.73. The monoisotopic (exact) mass is 642 g/mol. The molecule has 16 nitrogen and oxygen atoms in total. The van der Waals surface area contributed by atoms with E-state index in [1.807, 2.05) is 6.92 Å². The lowest BCUT2D eigenvalue weighted by Crippen LogP contribution is -2.28. The molecule has 0 atom stereocenters. The van der Waals surface area contributed by atoms with E-state index in [4.69, 9.17) is 17.3 Å². The fourth-order valence-electron chi connectivity index (χ4n) is 4.44. The maximum atomic E-state index is 10.7. The van der Waals surface area contributed by atoms with Gasteiger partial charge in [0.05, 0.1) is 14.8 Å². The first kappa shape index (κ1) is 33.0. The average Bonchev–Trinajstić information content (AvgIpc) is 2.91. The Kier molecular flexibility index (Phi) is 11.2. The fraction of sp³-hybridized carbons (Fsp3) is 0.464. The average molecular weight is 643 g/mol. The third-order valence-electron chi connectivity index (χ3n) is 7.68. The van der Waals surface area contributed by atoms with Crippen molar-refractivity contribution in [2.24, 2.45) is 0 Å². The van der Waals surface area contributed by atoms with Gasteiger partial charge in [0.2, 0.25) is 17.5 Å². The highest BCUT2D eigenvalue weighted by molar-refractivity contribution is 6.29. The van der Waals surface area contributed by atoms with Crippen molar-refractivity contribution in [2.75, 3.05) is 21.7 Å². The number of nitrogens with one attached hydrogen (secondary N) is 3. The fourth-order valence-corrected chi connectivity index (χ4v) is 4.59. The number of nitrogens with two attached hydrogens (primary N) is 1. The molecule has 0 bridgehead atoms. The predicted octanol–water partition coefficient (Wildman–Crippen LogP) is 6.41. The number of rotatable bonds is 9. The summed E-state index contributed by atoms with van der Waals surface area (Å²) in [5.41, 5.74) is 6.31. The van der Waals surface area contributed by atoms with E-state index < -0.39 is 14.8 Å². The zero-order valence-corrected chi connectivity index (χ0v) is 25.4. The highest BCUT2D eigenvalue weighted by Crippen LogP contribution is 2.31. The van der Waals surface area contributed by atoms with E-state index in [9.17, 15) is 30.3 Å². The standard InChI is InChI=1S/C10H13N3O2.C9H10ClN3O2.C9H12N4O2/c1-7-5-6-9(13(14)15)10(11-7)12-8-3-2-4-8;2*10-8-5-4-7(13(14)15)9(12-8)11-6-2-1-3-6/h5-6,8H,2-4H2,1H3,(H,11,12);4-6H,1-3H2,(H,11,12);4-6H,1-3H2,(H3,10,11,12). The number of anilines is 4. The molecule has 0 unspecified atom stereocenters. The van der Waals surface area contributed by atoms with Gasteiger partial charge >= 0.3 is 17.1 Å².